The Balaban J connectivity index is 2.04. The molecule has 0 aliphatic carbocycles. The van der Waals surface area contributed by atoms with Gasteiger partial charge in [-0.05, 0) is 31.5 Å². The molecule has 100 valence electrons. The molecular weight excluding hydrogens is 244 g/mol. The van der Waals surface area contributed by atoms with Crippen LogP contribution in [0.1, 0.15) is 22.5 Å². The van der Waals surface area contributed by atoms with Gasteiger partial charge >= 0.3 is 0 Å². The maximum Gasteiger partial charge on any atom is 0.203 e. The highest BCUT2D eigenvalue weighted by molar-refractivity contribution is 6.01. The first-order valence-electron chi connectivity index (χ1n) is 6.40. The van der Waals surface area contributed by atoms with Crippen LogP contribution in [0.15, 0.2) is 22.6 Å². The minimum Gasteiger partial charge on any atom is -0.497 e. The zero-order valence-corrected chi connectivity index (χ0v) is 11.1. The van der Waals surface area contributed by atoms with E-state index >= 15 is 0 Å². The molecule has 1 unspecified atom stereocenters. The third-order valence-electron chi connectivity index (χ3n) is 3.67. The van der Waals surface area contributed by atoms with Crippen molar-refractivity contribution in [1.29, 1.82) is 0 Å². The Morgan fingerprint density at radius 3 is 2.95 bits per heavy atom. The molecule has 2 heterocycles. The number of ether oxygens (including phenoxy) is 2. The van der Waals surface area contributed by atoms with Crippen LogP contribution in [0.25, 0.3) is 11.0 Å². The lowest BCUT2D eigenvalue weighted by Crippen LogP contribution is -2.14. The van der Waals surface area contributed by atoms with Crippen molar-refractivity contribution in [2.75, 3.05) is 20.3 Å². The SMILES string of the molecule is COc1ccc2oc(C(=O)C3CCOC3)c(C)c2c1. The van der Waals surface area contributed by atoms with E-state index in [0.717, 1.165) is 28.7 Å². The average molecular weight is 260 g/mol. The van der Waals surface area contributed by atoms with Gasteiger partial charge in [-0.1, -0.05) is 0 Å². The maximum atomic E-state index is 12.4. The first kappa shape index (κ1) is 12.2. The second kappa shape index (κ2) is 4.70. The molecule has 2 aromatic rings. The van der Waals surface area contributed by atoms with Crippen LogP contribution in [0.5, 0.6) is 5.75 Å². The summed E-state index contributed by atoms with van der Waals surface area (Å²) < 4.78 is 16.2. The zero-order valence-electron chi connectivity index (χ0n) is 11.1. The van der Waals surface area contributed by atoms with Gasteiger partial charge in [-0.3, -0.25) is 4.79 Å². The number of methoxy groups -OCH3 is 1. The molecule has 1 fully saturated rings. The zero-order chi connectivity index (χ0) is 13.4. The van der Waals surface area contributed by atoms with E-state index in [9.17, 15) is 4.79 Å². The number of hydrogen-bond acceptors (Lipinski definition) is 4. The van der Waals surface area contributed by atoms with Gasteiger partial charge in [0.25, 0.3) is 0 Å². The molecule has 0 saturated carbocycles. The number of benzene rings is 1. The molecule has 1 aromatic carbocycles. The second-order valence-electron chi connectivity index (χ2n) is 4.84. The number of carbonyl (C=O) groups excluding carboxylic acids is 1. The number of ketones is 1. The van der Waals surface area contributed by atoms with Gasteiger partial charge in [-0.2, -0.15) is 0 Å². The van der Waals surface area contributed by atoms with Gasteiger partial charge in [-0.15, -0.1) is 0 Å². The summed E-state index contributed by atoms with van der Waals surface area (Å²) in [5.74, 6) is 1.20. The van der Waals surface area contributed by atoms with Gasteiger partial charge in [0.15, 0.2) is 5.76 Å². The van der Waals surface area contributed by atoms with Crippen molar-refractivity contribution in [3.05, 3.63) is 29.5 Å². The van der Waals surface area contributed by atoms with Gasteiger partial charge in [0.05, 0.1) is 19.6 Å². The van der Waals surface area contributed by atoms with Gasteiger partial charge in [-0.25, -0.2) is 0 Å². The van der Waals surface area contributed by atoms with Crippen molar-refractivity contribution in [3.8, 4) is 5.75 Å². The largest absolute Gasteiger partial charge is 0.497 e. The molecule has 4 nitrogen and oxygen atoms in total. The quantitative estimate of drug-likeness (QED) is 0.796. The predicted octanol–water partition coefficient (Wildman–Crippen LogP) is 2.97. The van der Waals surface area contributed by atoms with E-state index in [1.807, 2.05) is 25.1 Å². The number of hydrogen-bond donors (Lipinski definition) is 0. The molecule has 4 heteroatoms. The minimum absolute atomic E-state index is 0.0465. The monoisotopic (exact) mass is 260 g/mol. The molecule has 19 heavy (non-hydrogen) atoms. The lowest BCUT2D eigenvalue weighted by molar-refractivity contribution is 0.0873. The van der Waals surface area contributed by atoms with E-state index < -0.39 is 0 Å². The molecule has 0 N–H and O–H groups in total. The van der Waals surface area contributed by atoms with Crippen LogP contribution >= 0.6 is 0 Å². The minimum atomic E-state index is -0.0684. The summed E-state index contributed by atoms with van der Waals surface area (Å²) in [5.41, 5.74) is 1.60. The van der Waals surface area contributed by atoms with Gasteiger partial charge in [0, 0.05) is 17.6 Å². The number of rotatable bonds is 3. The highest BCUT2D eigenvalue weighted by atomic mass is 16.5. The smallest absolute Gasteiger partial charge is 0.203 e. The van der Waals surface area contributed by atoms with Crippen molar-refractivity contribution in [3.63, 3.8) is 0 Å². The summed E-state index contributed by atoms with van der Waals surface area (Å²) in [7, 11) is 1.62. The Labute approximate surface area is 111 Å². The lowest BCUT2D eigenvalue weighted by atomic mass is 9.99. The van der Waals surface area contributed by atoms with Crippen LogP contribution in [-0.4, -0.2) is 26.1 Å². The van der Waals surface area contributed by atoms with E-state index in [-0.39, 0.29) is 11.7 Å². The van der Waals surface area contributed by atoms with Crippen molar-refractivity contribution < 1.29 is 18.7 Å². The van der Waals surface area contributed by atoms with Crippen LogP contribution < -0.4 is 4.74 Å². The third-order valence-corrected chi connectivity index (χ3v) is 3.67. The molecule has 0 radical (unpaired) electrons. The number of Topliss-reactive ketones (excluding diaryl/α,β-unsaturated/α-hetero) is 1. The highest BCUT2D eigenvalue weighted by Crippen LogP contribution is 2.31. The third kappa shape index (κ3) is 2.02. The van der Waals surface area contributed by atoms with Crippen molar-refractivity contribution in [2.24, 2.45) is 5.92 Å². The number of fused-ring (bicyclic) bond motifs is 1. The second-order valence-corrected chi connectivity index (χ2v) is 4.84. The van der Waals surface area contributed by atoms with Crippen molar-refractivity contribution in [1.82, 2.24) is 0 Å². The lowest BCUT2D eigenvalue weighted by Gasteiger charge is -2.03. The molecule has 3 rings (SSSR count). The Morgan fingerprint density at radius 1 is 1.42 bits per heavy atom. The fraction of sp³-hybridized carbons (Fsp3) is 0.400. The van der Waals surface area contributed by atoms with E-state index in [1.165, 1.54) is 0 Å². The Hall–Kier alpha value is -1.81. The Morgan fingerprint density at radius 2 is 2.26 bits per heavy atom. The molecule has 1 aliphatic rings. The van der Waals surface area contributed by atoms with Gasteiger partial charge < -0.3 is 13.9 Å². The van der Waals surface area contributed by atoms with Crippen LogP contribution in [0, 0.1) is 12.8 Å². The molecule has 1 saturated heterocycles. The van der Waals surface area contributed by atoms with Crippen molar-refractivity contribution in [2.45, 2.75) is 13.3 Å². The molecule has 0 amide bonds. The first-order valence-corrected chi connectivity index (χ1v) is 6.40. The van der Waals surface area contributed by atoms with E-state index in [1.54, 1.807) is 7.11 Å². The number of carbonyl (C=O) groups is 1. The average Bonchev–Trinajstić information content (AvgIpc) is 3.06. The normalized spacial score (nSPS) is 18.9. The number of furan rings is 1. The van der Waals surface area contributed by atoms with Gasteiger partial charge in [0.1, 0.15) is 11.3 Å². The molecule has 0 bridgehead atoms. The fourth-order valence-electron chi connectivity index (χ4n) is 2.49. The highest BCUT2D eigenvalue weighted by Gasteiger charge is 2.29. The predicted molar refractivity (Wildman–Crippen MR) is 70.8 cm³/mol. The molecule has 1 atom stereocenters. The van der Waals surface area contributed by atoms with E-state index in [0.29, 0.717) is 19.0 Å². The van der Waals surface area contributed by atoms with E-state index in [2.05, 4.69) is 0 Å². The van der Waals surface area contributed by atoms with Crippen molar-refractivity contribution >= 4 is 16.8 Å². The molecule has 1 aliphatic heterocycles. The maximum absolute atomic E-state index is 12.4. The summed E-state index contributed by atoms with van der Waals surface area (Å²) in [6.45, 7) is 3.07. The summed E-state index contributed by atoms with van der Waals surface area (Å²) in [5, 5.41) is 0.932. The van der Waals surface area contributed by atoms with E-state index in [4.69, 9.17) is 13.9 Å². The first-order chi connectivity index (χ1) is 9.20. The standard InChI is InChI=1S/C15H16O4/c1-9-12-7-11(17-2)3-4-13(12)19-15(9)14(16)10-5-6-18-8-10/h3-4,7,10H,5-6,8H2,1-2H3. The molecule has 1 aromatic heterocycles. The van der Waals surface area contributed by atoms with Crippen LogP contribution in [0.2, 0.25) is 0 Å². The van der Waals surface area contributed by atoms with Crippen LogP contribution in [0.4, 0.5) is 0 Å². The number of aryl methyl sites for hydroxylation is 1. The summed E-state index contributed by atoms with van der Waals surface area (Å²) in [6, 6.07) is 5.57. The molecule has 0 spiro atoms. The topological polar surface area (TPSA) is 48.7 Å². The fourth-order valence-corrected chi connectivity index (χ4v) is 2.49. The van der Waals surface area contributed by atoms with Crippen LogP contribution in [0.3, 0.4) is 0 Å². The summed E-state index contributed by atoms with van der Waals surface area (Å²) in [6.07, 6.45) is 0.776. The Kier molecular flexibility index (Phi) is 3.03. The summed E-state index contributed by atoms with van der Waals surface area (Å²) in [4.78, 5) is 12.4. The Bertz CT molecular complexity index is 620. The summed E-state index contributed by atoms with van der Waals surface area (Å²) >= 11 is 0. The molecular formula is C15H16O4. The van der Waals surface area contributed by atoms with Crippen LogP contribution in [-0.2, 0) is 4.74 Å². The van der Waals surface area contributed by atoms with Gasteiger partial charge in [0.2, 0.25) is 5.78 Å².